The molecule has 1 amide bonds. The van der Waals surface area contributed by atoms with Crippen molar-refractivity contribution in [3.05, 3.63) is 0 Å². The maximum absolute atomic E-state index is 12.2. The van der Waals surface area contributed by atoms with Crippen molar-refractivity contribution in [3.8, 4) is 0 Å². The third-order valence-corrected chi connectivity index (χ3v) is 4.34. The van der Waals surface area contributed by atoms with Gasteiger partial charge in [-0.15, -0.1) is 0 Å². The first-order chi connectivity index (χ1) is 9.27. The second-order valence-corrected chi connectivity index (χ2v) is 7.44. The molecule has 1 rings (SSSR count). The van der Waals surface area contributed by atoms with Crippen LogP contribution >= 0.6 is 0 Å². The Bertz CT molecular complexity index is 304. The van der Waals surface area contributed by atoms with Crippen LogP contribution in [0.3, 0.4) is 0 Å². The van der Waals surface area contributed by atoms with Crippen molar-refractivity contribution in [3.63, 3.8) is 0 Å². The lowest BCUT2D eigenvalue weighted by molar-refractivity contribution is -0.125. The van der Waals surface area contributed by atoms with Gasteiger partial charge in [-0.1, -0.05) is 20.8 Å². The van der Waals surface area contributed by atoms with Gasteiger partial charge in [0.2, 0.25) is 5.91 Å². The molecule has 1 aliphatic heterocycles. The van der Waals surface area contributed by atoms with E-state index >= 15 is 0 Å². The van der Waals surface area contributed by atoms with Crippen molar-refractivity contribution in [1.29, 1.82) is 0 Å². The van der Waals surface area contributed by atoms with Gasteiger partial charge in [-0.2, -0.15) is 0 Å². The summed E-state index contributed by atoms with van der Waals surface area (Å²) in [6.45, 7) is 10.9. The lowest BCUT2D eigenvalue weighted by Gasteiger charge is -2.35. The van der Waals surface area contributed by atoms with Gasteiger partial charge in [-0.05, 0) is 50.5 Å². The van der Waals surface area contributed by atoms with Crippen LogP contribution in [0.5, 0.6) is 0 Å². The zero-order valence-electron chi connectivity index (χ0n) is 13.6. The van der Waals surface area contributed by atoms with Crippen LogP contribution in [0.15, 0.2) is 0 Å². The Morgan fingerprint density at radius 3 is 2.60 bits per heavy atom. The molecule has 1 fully saturated rings. The van der Waals surface area contributed by atoms with Gasteiger partial charge in [0, 0.05) is 13.0 Å². The topological polar surface area (TPSA) is 64.4 Å². The summed E-state index contributed by atoms with van der Waals surface area (Å²) >= 11 is 0. The van der Waals surface area contributed by atoms with Crippen LogP contribution in [0.4, 0.5) is 0 Å². The van der Waals surface area contributed by atoms with E-state index in [0.717, 1.165) is 32.3 Å². The van der Waals surface area contributed by atoms with E-state index in [0.29, 0.717) is 25.5 Å². The third kappa shape index (κ3) is 5.80. The second-order valence-electron chi connectivity index (χ2n) is 7.44. The van der Waals surface area contributed by atoms with Gasteiger partial charge in [0.1, 0.15) is 0 Å². The zero-order valence-corrected chi connectivity index (χ0v) is 13.6. The first-order valence-corrected chi connectivity index (χ1v) is 7.86. The fraction of sp³-hybridized carbons (Fsp3) is 0.938. The monoisotopic (exact) mass is 284 g/mol. The number of nitrogens with one attached hydrogen (secondary N) is 1. The van der Waals surface area contributed by atoms with Gasteiger partial charge in [0.25, 0.3) is 0 Å². The molecule has 1 heterocycles. The molecule has 0 aliphatic carbocycles. The standard InChI is InChI=1S/C16H32N2O2/c1-15(2,3)13(8-10-17)6-7-14(19)18-16(4)9-5-11-20-12-16/h13H,5-12,17H2,1-4H3,(H,18,19). The van der Waals surface area contributed by atoms with Gasteiger partial charge in [-0.25, -0.2) is 0 Å². The third-order valence-electron chi connectivity index (χ3n) is 4.34. The lowest BCUT2D eigenvalue weighted by Crippen LogP contribution is -2.51. The highest BCUT2D eigenvalue weighted by molar-refractivity contribution is 5.76. The molecule has 0 aromatic carbocycles. The van der Waals surface area contributed by atoms with Crippen LogP contribution in [0, 0.1) is 11.3 Å². The maximum atomic E-state index is 12.2. The average Bonchev–Trinajstić information content (AvgIpc) is 2.33. The summed E-state index contributed by atoms with van der Waals surface area (Å²) < 4.78 is 5.47. The molecule has 3 N–H and O–H groups in total. The summed E-state index contributed by atoms with van der Waals surface area (Å²) in [7, 11) is 0. The van der Waals surface area contributed by atoms with Crippen LogP contribution in [0.2, 0.25) is 0 Å². The van der Waals surface area contributed by atoms with E-state index in [1.54, 1.807) is 0 Å². The smallest absolute Gasteiger partial charge is 0.220 e. The maximum Gasteiger partial charge on any atom is 0.220 e. The lowest BCUT2D eigenvalue weighted by atomic mass is 9.76. The molecule has 2 atom stereocenters. The molecule has 0 aromatic heterocycles. The van der Waals surface area contributed by atoms with Gasteiger partial charge in [0.15, 0.2) is 0 Å². The summed E-state index contributed by atoms with van der Waals surface area (Å²) in [5.41, 5.74) is 5.71. The quantitative estimate of drug-likeness (QED) is 0.787. The number of amides is 1. The van der Waals surface area contributed by atoms with Crippen LogP contribution in [-0.2, 0) is 9.53 Å². The van der Waals surface area contributed by atoms with Crippen LogP contribution < -0.4 is 11.1 Å². The molecule has 1 aliphatic rings. The average molecular weight is 284 g/mol. The molecular weight excluding hydrogens is 252 g/mol. The number of ether oxygens (including phenoxy) is 1. The van der Waals surface area contributed by atoms with E-state index in [4.69, 9.17) is 10.5 Å². The zero-order chi connectivity index (χ0) is 15.2. The summed E-state index contributed by atoms with van der Waals surface area (Å²) in [5.74, 6) is 0.637. The Balaban J connectivity index is 2.41. The highest BCUT2D eigenvalue weighted by Crippen LogP contribution is 2.32. The Morgan fingerprint density at radius 1 is 1.40 bits per heavy atom. The highest BCUT2D eigenvalue weighted by atomic mass is 16.5. The Kier molecular flexibility index (Phi) is 6.46. The van der Waals surface area contributed by atoms with Gasteiger partial charge in [0.05, 0.1) is 12.1 Å². The highest BCUT2D eigenvalue weighted by Gasteiger charge is 2.30. The molecule has 118 valence electrons. The SMILES string of the molecule is CC1(NC(=O)CCC(CCN)C(C)(C)C)CCCOC1. The van der Waals surface area contributed by atoms with Crippen LogP contribution in [-0.4, -0.2) is 31.2 Å². The summed E-state index contributed by atoms with van der Waals surface area (Å²) in [4.78, 5) is 12.2. The fourth-order valence-corrected chi connectivity index (χ4v) is 2.95. The molecule has 0 aromatic rings. The first-order valence-electron chi connectivity index (χ1n) is 7.86. The molecule has 4 heteroatoms. The second kappa shape index (κ2) is 7.41. The van der Waals surface area contributed by atoms with Crippen molar-refractivity contribution in [1.82, 2.24) is 5.32 Å². The number of hydrogen-bond acceptors (Lipinski definition) is 3. The van der Waals surface area contributed by atoms with E-state index < -0.39 is 0 Å². The van der Waals surface area contributed by atoms with E-state index in [1.807, 2.05) is 0 Å². The molecule has 0 spiro atoms. The molecule has 4 nitrogen and oxygen atoms in total. The number of carbonyl (C=O) groups excluding carboxylic acids is 1. The molecule has 0 radical (unpaired) electrons. The van der Waals surface area contributed by atoms with Crippen LogP contribution in [0.1, 0.15) is 59.8 Å². The minimum atomic E-state index is -0.180. The first kappa shape index (κ1) is 17.4. The summed E-state index contributed by atoms with van der Waals surface area (Å²) in [6.07, 6.45) is 4.50. The summed E-state index contributed by atoms with van der Waals surface area (Å²) in [6, 6.07) is 0. The summed E-state index contributed by atoms with van der Waals surface area (Å²) in [5, 5.41) is 3.15. The minimum absolute atomic E-state index is 0.143. The molecular formula is C16H32N2O2. The largest absolute Gasteiger partial charge is 0.379 e. The van der Waals surface area contributed by atoms with E-state index in [-0.39, 0.29) is 16.9 Å². The van der Waals surface area contributed by atoms with E-state index in [2.05, 4.69) is 33.0 Å². The van der Waals surface area contributed by atoms with Crippen molar-refractivity contribution >= 4 is 5.91 Å². The number of nitrogens with two attached hydrogens (primary N) is 1. The molecule has 0 saturated carbocycles. The van der Waals surface area contributed by atoms with Crippen molar-refractivity contribution in [2.75, 3.05) is 19.8 Å². The molecule has 1 saturated heterocycles. The molecule has 0 bridgehead atoms. The predicted octanol–water partition coefficient (Wildman–Crippen LogP) is 2.46. The Morgan fingerprint density at radius 2 is 2.10 bits per heavy atom. The Labute approximate surface area is 123 Å². The van der Waals surface area contributed by atoms with Gasteiger partial charge >= 0.3 is 0 Å². The number of rotatable bonds is 6. The number of carbonyl (C=O) groups is 1. The fourth-order valence-electron chi connectivity index (χ4n) is 2.95. The van der Waals surface area contributed by atoms with Gasteiger partial charge < -0.3 is 15.8 Å². The molecule has 2 unspecified atom stereocenters. The molecule has 20 heavy (non-hydrogen) atoms. The predicted molar refractivity (Wildman–Crippen MR) is 82.5 cm³/mol. The van der Waals surface area contributed by atoms with E-state index in [1.165, 1.54) is 0 Å². The normalized spacial score (nSPS) is 25.2. The van der Waals surface area contributed by atoms with Crippen molar-refractivity contribution < 1.29 is 9.53 Å². The van der Waals surface area contributed by atoms with Crippen molar-refractivity contribution in [2.45, 2.75) is 65.3 Å². The number of hydrogen-bond donors (Lipinski definition) is 2. The Hall–Kier alpha value is -0.610. The van der Waals surface area contributed by atoms with Crippen LogP contribution in [0.25, 0.3) is 0 Å². The van der Waals surface area contributed by atoms with Crippen molar-refractivity contribution in [2.24, 2.45) is 17.1 Å². The van der Waals surface area contributed by atoms with E-state index in [9.17, 15) is 4.79 Å². The minimum Gasteiger partial charge on any atom is -0.379 e. The van der Waals surface area contributed by atoms with Gasteiger partial charge in [-0.3, -0.25) is 4.79 Å².